The first kappa shape index (κ1) is 16.5. The lowest BCUT2D eigenvalue weighted by Crippen LogP contribution is -2.33. The molecule has 1 atom stereocenters. The highest BCUT2D eigenvalue weighted by Gasteiger charge is 2.21. The molecule has 0 saturated heterocycles. The first-order chi connectivity index (χ1) is 11.0. The van der Waals surface area contributed by atoms with Gasteiger partial charge in [0, 0.05) is 17.7 Å². The second-order valence-corrected chi connectivity index (χ2v) is 5.19. The van der Waals surface area contributed by atoms with Crippen LogP contribution in [0.2, 0.25) is 0 Å². The number of carbonyl (C=O) groups excluding carboxylic acids is 2. The number of ketones is 1. The molecule has 120 valence electrons. The number of carbonyl (C=O) groups is 2. The maximum atomic E-state index is 12.0. The summed E-state index contributed by atoms with van der Waals surface area (Å²) in [6, 6.07) is 13.0. The molecule has 0 heterocycles. The van der Waals surface area contributed by atoms with Crippen molar-refractivity contribution in [3.05, 3.63) is 59.7 Å². The van der Waals surface area contributed by atoms with E-state index >= 15 is 0 Å². The molecule has 0 spiro atoms. The molecule has 5 heteroatoms. The molecule has 2 N–H and O–H groups in total. The van der Waals surface area contributed by atoms with E-state index in [9.17, 15) is 14.7 Å². The number of phenolic OH excluding ortho intramolecular Hbond substituents is 1. The number of hydrogen-bond acceptors (Lipinski definition) is 5. The van der Waals surface area contributed by atoms with E-state index in [-0.39, 0.29) is 11.5 Å². The average molecular weight is 313 g/mol. The molecule has 2 aromatic rings. The summed E-state index contributed by atoms with van der Waals surface area (Å²) in [4.78, 5) is 23.7. The number of para-hydroxylation sites is 1. The Labute approximate surface area is 134 Å². The molecule has 0 aliphatic carbocycles. The number of esters is 1. The van der Waals surface area contributed by atoms with Crippen LogP contribution in [0.5, 0.6) is 5.75 Å². The van der Waals surface area contributed by atoms with Crippen molar-refractivity contribution in [2.45, 2.75) is 19.4 Å². The minimum atomic E-state index is -0.634. The van der Waals surface area contributed by atoms with Crippen LogP contribution in [0, 0.1) is 0 Å². The van der Waals surface area contributed by atoms with Crippen LogP contribution in [0.1, 0.15) is 22.8 Å². The number of nitrogens with one attached hydrogen (secondary N) is 1. The van der Waals surface area contributed by atoms with E-state index < -0.39 is 12.0 Å². The predicted molar refractivity (Wildman–Crippen MR) is 87.7 cm³/mol. The van der Waals surface area contributed by atoms with Gasteiger partial charge in [-0.15, -0.1) is 0 Å². The minimum Gasteiger partial charge on any atom is -0.508 e. The zero-order valence-corrected chi connectivity index (χ0v) is 13.1. The maximum Gasteiger partial charge on any atom is 0.328 e. The van der Waals surface area contributed by atoms with Gasteiger partial charge in [0.2, 0.25) is 0 Å². The molecule has 2 aromatic carbocycles. The molecule has 0 amide bonds. The van der Waals surface area contributed by atoms with Crippen molar-refractivity contribution in [2.75, 3.05) is 12.4 Å². The van der Waals surface area contributed by atoms with Gasteiger partial charge in [-0.3, -0.25) is 4.79 Å². The fraction of sp³-hybridized carbons (Fsp3) is 0.222. The van der Waals surface area contributed by atoms with Crippen molar-refractivity contribution < 1.29 is 19.4 Å². The second-order valence-electron chi connectivity index (χ2n) is 5.19. The number of phenols is 1. The van der Waals surface area contributed by atoms with Gasteiger partial charge in [0.05, 0.1) is 7.11 Å². The number of aromatic hydroxyl groups is 1. The summed E-state index contributed by atoms with van der Waals surface area (Å²) >= 11 is 0. The molecule has 0 fully saturated rings. The van der Waals surface area contributed by atoms with Crippen LogP contribution < -0.4 is 5.32 Å². The lowest BCUT2D eigenvalue weighted by molar-refractivity contribution is -0.141. The fourth-order valence-corrected chi connectivity index (χ4v) is 2.31. The maximum absolute atomic E-state index is 12.0. The van der Waals surface area contributed by atoms with E-state index in [4.69, 9.17) is 4.74 Å². The Morgan fingerprint density at radius 2 is 1.78 bits per heavy atom. The van der Waals surface area contributed by atoms with Crippen LogP contribution in [0.3, 0.4) is 0 Å². The van der Waals surface area contributed by atoms with Crippen molar-refractivity contribution in [3.8, 4) is 5.75 Å². The topological polar surface area (TPSA) is 75.6 Å². The third-order valence-electron chi connectivity index (χ3n) is 3.50. The molecular weight excluding hydrogens is 294 g/mol. The van der Waals surface area contributed by atoms with Gasteiger partial charge < -0.3 is 15.2 Å². The van der Waals surface area contributed by atoms with E-state index in [2.05, 4.69) is 5.32 Å². The molecule has 0 radical (unpaired) electrons. The average Bonchev–Trinajstić information content (AvgIpc) is 2.55. The number of benzene rings is 2. The standard InChI is InChI=1S/C18H19NO4/c1-12(20)15-5-3-4-6-16(15)19-17(18(22)23-2)11-13-7-9-14(21)10-8-13/h3-10,17,19,21H,11H2,1-2H3. The van der Waals surface area contributed by atoms with Gasteiger partial charge in [-0.05, 0) is 36.8 Å². The monoisotopic (exact) mass is 313 g/mol. The normalized spacial score (nSPS) is 11.6. The first-order valence-corrected chi connectivity index (χ1v) is 7.23. The van der Waals surface area contributed by atoms with Crippen LogP contribution in [0.4, 0.5) is 5.69 Å². The highest BCUT2D eigenvalue weighted by atomic mass is 16.5. The Kier molecular flexibility index (Phi) is 5.36. The van der Waals surface area contributed by atoms with Crippen LogP contribution in [0.25, 0.3) is 0 Å². The number of Topliss-reactive ketones (excluding diaryl/α,β-unsaturated/α-hetero) is 1. The quantitative estimate of drug-likeness (QED) is 0.633. The van der Waals surface area contributed by atoms with Gasteiger partial charge in [-0.2, -0.15) is 0 Å². The lowest BCUT2D eigenvalue weighted by Gasteiger charge is -2.19. The zero-order chi connectivity index (χ0) is 16.8. The summed E-state index contributed by atoms with van der Waals surface area (Å²) < 4.78 is 4.85. The SMILES string of the molecule is COC(=O)C(Cc1ccc(O)cc1)Nc1ccccc1C(C)=O. The number of rotatable bonds is 6. The van der Waals surface area contributed by atoms with Crippen molar-refractivity contribution >= 4 is 17.4 Å². The van der Waals surface area contributed by atoms with E-state index in [1.807, 2.05) is 0 Å². The van der Waals surface area contributed by atoms with Crippen LogP contribution in [0.15, 0.2) is 48.5 Å². The lowest BCUT2D eigenvalue weighted by atomic mass is 10.0. The number of hydrogen-bond donors (Lipinski definition) is 2. The summed E-state index contributed by atoms with van der Waals surface area (Å²) in [5, 5.41) is 12.4. The van der Waals surface area contributed by atoms with Gasteiger partial charge in [0.25, 0.3) is 0 Å². The van der Waals surface area contributed by atoms with Gasteiger partial charge >= 0.3 is 5.97 Å². The van der Waals surface area contributed by atoms with Crippen molar-refractivity contribution in [3.63, 3.8) is 0 Å². The molecule has 23 heavy (non-hydrogen) atoms. The van der Waals surface area contributed by atoms with Crippen LogP contribution in [-0.2, 0) is 16.0 Å². The van der Waals surface area contributed by atoms with Gasteiger partial charge in [0.1, 0.15) is 11.8 Å². The third kappa shape index (κ3) is 4.32. The molecule has 0 bridgehead atoms. The highest BCUT2D eigenvalue weighted by Crippen LogP contribution is 2.19. The second kappa shape index (κ2) is 7.45. The molecule has 2 rings (SSSR count). The molecule has 5 nitrogen and oxygen atoms in total. The largest absolute Gasteiger partial charge is 0.508 e. The molecule has 0 aliphatic rings. The van der Waals surface area contributed by atoms with E-state index in [1.54, 1.807) is 48.5 Å². The summed E-state index contributed by atoms with van der Waals surface area (Å²) in [6.07, 6.45) is 0.374. The number of ether oxygens (including phenoxy) is 1. The van der Waals surface area contributed by atoms with Crippen LogP contribution >= 0.6 is 0 Å². The Balaban J connectivity index is 2.24. The Bertz CT molecular complexity index is 694. The molecule has 1 unspecified atom stereocenters. The Morgan fingerprint density at radius 1 is 1.13 bits per heavy atom. The summed E-state index contributed by atoms with van der Waals surface area (Å²) in [5.41, 5.74) is 1.98. The van der Waals surface area contributed by atoms with Crippen molar-refractivity contribution in [1.29, 1.82) is 0 Å². The molecule has 0 aliphatic heterocycles. The molecule has 0 saturated carbocycles. The van der Waals surface area contributed by atoms with Crippen molar-refractivity contribution in [2.24, 2.45) is 0 Å². The van der Waals surface area contributed by atoms with Gasteiger partial charge in [0.15, 0.2) is 5.78 Å². The first-order valence-electron chi connectivity index (χ1n) is 7.23. The zero-order valence-electron chi connectivity index (χ0n) is 13.1. The Hall–Kier alpha value is -2.82. The third-order valence-corrected chi connectivity index (χ3v) is 3.50. The van der Waals surface area contributed by atoms with Gasteiger partial charge in [-0.1, -0.05) is 24.3 Å². The number of anilines is 1. The highest BCUT2D eigenvalue weighted by molar-refractivity contribution is 6.00. The van der Waals surface area contributed by atoms with Crippen molar-refractivity contribution in [1.82, 2.24) is 0 Å². The number of methoxy groups -OCH3 is 1. The Morgan fingerprint density at radius 3 is 2.39 bits per heavy atom. The van der Waals surface area contributed by atoms with E-state index in [0.717, 1.165) is 5.56 Å². The predicted octanol–water partition coefficient (Wildman–Crippen LogP) is 2.79. The van der Waals surface area contributed by atoms with E-state index in [0.29, 0.717) is 17.7 Å². The van der Waals surface area contributed by atoms with Gasteiger partial charge in [-0.25, -0.2) is 4.79 Å². The summed E-state index contributed by atoms with van der Waals surface area (Å²) in [7, 11) is 1.32. The minimum absolute atomic E-state index is 0.0821. The van der Waals surface area contributed by atoms with E-state index in [1.165, 1.54) is 14.0 Å². The summed E-state index contributed by atoms with van der Waals surface area (Å²) in [6.45, 7) is 1.48. The fourth-order valence-electron chi connectivity index (χ4n) is 2.31. The van der Waals surface area contributed by atoms with Crippen LogP contribution in [-0.4, -0.2) is 30.0 Å². The summed E-state index contributed by atoms with van der Waals surface area (Å²) in [5.74, 6) is -0.337. The molecule has 0 aromatic heterocycles. The smallest absolute Gasteiger partial charge is 0.328 e. The molecular formula is C18H19NO4.